The fraction of sp³-hybridized carbons (Fsp3) is 0.368. The Morgan fingerprint density at radius 1 is 1.50 bits per heavy atom. The Morgan fingerprint density at radius 3 is 2.75 bits per heavy atom. The maximum Gasteiger partial charge on any atom is 0.229 e. The second-order valence-electron chi connectivity index (χ2n) is 5.98. The summed E-state index contributed by atoms with van der Waals surface area (Å²) in [5.41, 5.74) is 4.04. The van der Waals surface area contributed by atoms with Gasteiger partial charge in [-0.05, 0) is 31.1 Å². The van der Waals surface area contributed by atoms with Crippen LogP contribution in [-0.2, 0) is 18.3 Å². The number of aromatic nitrogens is 2. The van der Waals surface area contributed by atoms with Crippen LogP contribution < -0.4 is 10.6 Å². The van der Waals surface area contributed by atoms with Crippen LogP contribution in [0.4, 0.5) is 0 Å². The number of nitrogens with one attached hydrogen (secondary N) is 2. The van der Waals surface area contributed by atoms with Crippen molar-refractivity contribution in [1.82, 2.24) is 20.2 Å². The standard InChI is InChI=1S/C19H26N4O/c1-5-15(6-2)16(7-8-18-12-21-13-23(18)4)9-14(3)22-19(24)17-10-20-11-17/h5-7,9,12-13,17,20H,1,8,10-11H2,2-4H3,(H,22,24)/b14-9+,15-6-,16-7-. The van der Waals surface area contributed by atoms with Crippen LogP contribution in [0.3, 0.4) is 0 Å². The number of hydrogen-bond donors (Lipinski definition) is 2. The van der Waals surface area contributed by atoms with Gasteiger partial charge < -0.3 is 15.2 Å². The molecule has 2 N–H and O–H groups in total. The molecule has 0 spiro atoms. The quantitative estimate of drug-likeness (QED) is 0.756. The van der Waals surface area contributed by atoms with Crippen molar-refractivity contribution in [3.05, 3.63) is 65.9 Å². The number of amides is 1. The predicted molar refractivity (Wildman–Crippen MR) is 97.2 cm³/mol. The van der Waals surface area contributed by atoms with E-state index >= 15 is 0 Å². The zero-order chi connectivity index (χ0) is 17.5. The Labute approximate surface area is 143 Å². The van der Waals surface area contributed by atoms with Crippen LogP contribution >= 0.6 is 0 Å². The first-order valence-corrected chi connectivity index (χ1v) is 8.19. The van der Waals surface area contributed by atoms with Crippen LogP contribution in [-0.4, -0.2) is 28.5 Å². The van der Waals surface area contributed by atoms with Gasteiger partial charge >= 0.3 is 0 Å². The number of carbonyl (C=O) groups is 1. The highest BCUT2D eigenvalue weighted by Gasteiger charge is 2.24. The molecular formula is C19H26N4O. The van der Waals surface area contributed by atoms with E-state index in [-0.39, 0.29) is 11.8 Å². The average molecular weight is 326 g/mol. The van der Waals surface area contributed by atoms with E-state index in [9.17, 15) is 4.79 Å². The van der Waals surface area contributed by atoms with Crippen LogP contribution in [0.2, 0.25) is 0 Å². The molecule has 1 aliphatic rings. The Hall–Kier alpha value is -2.40. The van der Waals surface area contributed by atoms with Gasteiger partial charge in [0.2, 0.25) is 5.91 Å². The molecule has 0 unspecified atom stereocenters. The number of allylic oxidation sites excluding steroid dienone is 7. The normalized spacial score (nSPS) is 16.7. The summed E-state index contributed by atoms with van der Waals surface area (Å²) < 4.78 is 2.00. The van der Waals surface area contributed by atoms with Gasteiger partial charge in [0.1, 0.15) is 0 Å². The minimum absolute atomic E-state index is 0.0779. The molecule has 0 atom stereocenters. The lowest BCUT2D eigenvalue weighted by Gasteiger charge is -2.26. The fourth-order valence-electron chi connectivity index (χ4n) is 2.50. The van der Waals surface area contributed by atoms with E-state index in [0.29, 0.717) is 0 Å². The van der Waals surface area contributed by atoms with Crippen LogP contribution in [0, 0.1) is 5.92 Å². The highest BCUT2D eigenvalue weighted by Crippen LogP contribution is 2.16. The molecule has 1 amide bonds. The Kier molecular flexibility index (Phi) is 6.32. The van der Waals surface area contributed by atoms with Gasteiger partial charge in [0.15, 0.2) is 0 Å². The maximum absolute atomic E-state index is 12.1. The first-order chi connectivity index (χ1) is 11.5. The third-order valence-electron chi connectivity index (χ3n) is 4.16. The number of carbonyl (C=O) groups excluding carboxylic acids is 1. The summed E-state index contributed by atoms with van der Waals surface area (Å²) in [6.07, 6.45) is 12.4. The first-order valence-electron chi connectivity index (χ1n) is 8.19. The molecule has 1 fully saturated rings. The van der Waals surface area contributed by atoms with E-state index in [1.165, 1.54) is 0 Å². The molecule has 128 valence electrons. The summed E-state index contributed by atoms with van der Waals surface area (Å²) in [6.45, 7) is 9.30. The van der Waals surface area contributed by atoms with Crippen molar-refractivity contribution in [3.63, 3.8) is 0 Å². The third kappa shape index (κ3) is 4.55. The maximum atomic E-state index is 12.1. The molecule has 0 bridgehead atoms. The van der Waals surface area contributed by atoms with Gasteiger partial charge in [0.05, 0.1) is 12.2 Å². The van der Waals surface area contributed by atoms with E-state index in [2.05, 4.69) is 28.3 Å². The van der Waals surface area contributed by atoms with E-state index in [1.807, 2.05) is 49.9 Å². The highest BCUT2D eigenvalue weighted by molar-refractivity contribution is 5.81. The summed E-state index contributed by atoms with van der Waals surface area (Å²) in [5, 5.41) is 6.09. The molecule has 1 aromatic rings. The summed E-state index contributed by atoms with van der Waals surface area (Å²) in [5.74, 6) is 0.157. The van der Waals surface area contributed by atoms with Crippen molar-refractivity contribution < 1.29 is 4.79 Å². The van der Waals surface area contributed by atoms with Gasteiger partial charge in [-0.2, -0.15) is 0 Å². The number of rotatable bonds is 7. The molecule has 1 aromatic heterocycles. The van der Waals surface area contributed by atoms with Crippen molar-refractivity contribution >= 4 is 5.91 Å². The first kappa shape index (κ1) is 17.9. The van der Waals surface area contributed by atoms with E-state index < -0.39 is 0 Å². The molecule has 0 saturated carbocycles. The summed E-state index contributed by atoms with van der Waals surface area (Å²) in [7, 11) is 1.98. The van der Waals surface area contributed by atoms with Crippen LogP contribution in [0.25, 0.3) is 0 Å². The molecule has 1 aliphatic heterocycles. The third-order valence-corrected chi connectivity index (χ3v) is 4.16. The summed E-state index contributed by atoms with van der Waals surface area (Å²) in [4.78, 5) is 16.2. The second-order valence-corrected chi connectivity index (χ2v) is 5.98. The van der Waals surface area contributed by atoms with Crippen molar-refractivity contribution in [2.75, 3.05) is 13.1 Å². The highest BCUT2D eigenvalue weighted by atomic mass is 16.2. The number of aryl methyl sites for hydroxylation is 1. The Balaban J connectivity index is 2.15. The zero-order valence-electron chi connectivity index (χ0n) is 14.7. The van der Waals surface area contributed by atoms with Crippen molar-refractivity contribution in [3.8, 4) is 0 Å². The molecule has 2 heterocycles. The second kappa shape index (κ2) is 8.45. The number of imidazole rings is 1. The lowest BCUT2D eigenvalue weighted by atomic mass is 10.0. The minimum Gasteiger partial charge on any atom is -0.337 e. The lowest BCUT2D eigenvalue weighted by Crippen LogP contribution is -2.50. The minimum atomic E-state index is 0.0779. The van der Waals surface area contributed by atoms with Crippen LogP contribution in [0.1, 0.15) is 19.5 Å². The molecule has 5 nitrogen and oxygen atoms in total. The van der Waals surface area contributed by atoms with E-state index in [1.54, 1.807) is 6.33 Å². The van der Waals surface area contributed by atoms with Gasteiger partial charge in [-0.15, -0.1) is 0 Å². The van der Waals surface area contributed by atoms with Gasteiger partial charge in [-0.25, -0.2) is 4.98 Å². The smallest absolute Gasteiger partial charge is 0.229 e. The number of hydrogen-bond acceptors (Lipinski definition) is 3. The van der Waals surface area contributed by atoms with Gasteiger partial charge in [-0.1, -0.05) is 24.8 Å². The molecule has 24 heavy (non-hydrogen) atoms. The topological polar surface area (TPSA) is 59.0 Å². The van der Waals surface area contributed by atoms with Gasteiger partial charge in [-0.3, -0.25) is 4.79 Å². The molecule has 5 heteroatoms. The van der Waals surface area contributed by atoms with Crippen molar-refractivity contribution in [1.29, 1.82) is 0 Å². The SMILES string of the molecule is C=CC(=C/C)/C(=C\Cc1cncn1C)/C=C(\C)NC(=O)C1CNC1. The van der Waals surface area contributed by atoms with Gasteiger partial charge in [0.25, 0.3) is 0 Å². The molecule has 0 aromatic carbocycles. The lowest BCUT2D eigenvalue weighted by molar-refractivity contribution is -0.125. The Bertz CT molecular complexity index is 690. The number of nitrogens with zero attached hydrogens (tertiary/aromatic N) is 2. The van der Waals surface area contributed by atoms with Crippen molar-refractivity contribution in [2.45, 2.75) is 20.3 Å². The predicted octanol–water partition coefficient (Wildman–Crippen LogP) is 2.26. The van der Waals surface area contributed by atoms with Crippen molar-refractivity contribution in [2.24, 2.45) is 13.0 Å². The van der Waals surface area contributed by atoms with E-state index in [4.69, 9.17) is 0 Å². The average Bonchev–Trinajstić information content (AvgIpc) is 2.89. The zero-order valence-corrected chi connectivity index (χ0v) is 14.7. The van der Waals surface area contributed by atoms with E-state index in [0.717, 1.165) is 42.0 Å². The molecule has 0 aliphatic carbocycles. The molecule has 0 radical (unpaired) electrons. The van der Waals surface area contributed by atoms with Crippen LogP contribution in [0.5, 0.6) is 0 Å². The summed E-state index contributed by atoms with van der Waals surface area (Å²) >= 11 is 0. The monoisotopic (exact) mass is 326 g/mol. The largest absolute Gasteiger partial charge is 0.337 e. The molecular weight excluding hydrogens is 300 g/mol. The molecule has 2 rings (SSSR count). The molecule has 1 saturated heterocycles. The summed E-state index contributed by atoms with van der Waals surface area (Å²) in [6, 6.07) is 0. The Morgan fingerprint density at radius 2 is 2.25 bits per heavy atom. The fourth-order valence-corrected chi connectivity index (χ4v) is 2.50. The van der Waals surface area contributed by atoms with Gasteiger partial charge in [0, 0.05) is 44.1 Å². The van der Waals surface area contributed by atoms with Crippen LogP contribution in [0.15, 0.2) is 60.3 Å².